The molecule has 0 radical (unpaired) electrons. The molecule has 0 spiro atoms. The Balaban J connectivity index is 1.84. The van der Waals surface area contributed by atoms with E-state index >= 15 is 0 Å². The average Bonchev–Trinajstić information content (AvgIpc) is 2.38. The number of aromatic nitrogens is 1. The van der Waals surface area contributed by atoms with E-state index in [4.69, 9.17) is 0 Å². The van der Waals surface area contributed by atoms with Gasteiger partial charge in [-0.15, -0.1) is 0 Å². The van der Waals surface area contributed by atoms with E-state index < -0.39 is 0 Å². The average molecular weight is 244 g/mol. The van der Waals surface area contributed by atoms with E-state index in [9.17, 15) is 4.39 Å². The Morgan fingerprint density at radius 2 is 2.06 bits per heavy atom. The van der Waals surface area contributed by atoms with Crippen molar-refractivity contribution >= 4 is 0 Å². The van der Waals surface area contributed by atoms with Gasteiger partial charge in [0.25, 0.3) is 0 Å². The number of hydrogen-bond acceptors (Lipinski definition) is 2. The summed E-state index contributed by atoms with van der Waals surface area (Å²) in [4.78, 5) is 4.07. The minimum Gasteiger partial charge on any atom is -0.310 e. The zero-order chi connectivity index (χ0) is 12.8. The van der Waals surface area contributed by atoms with Crippen molar-refractivity contribution in [2.24, 2.45) is 0 Å². The molecular formula is C15H17FN2. The van der Waals surface area contributed by atoms with E-state index in [0.717, 1.165) is 24.1 Å². The second-order valence-corrected chi connectivity index (χ2v) is 4.48. The lowest BCUT2D eigenvalue weighted by Crippen LogP contribution is -2.27. The molecule has 1 aromatic carbocycles. The number of nitrogens with one attached hydrogen (secondary N) is 1. The van der Waals surface area contributed by atoms with Crippen LogP contribution in [0.1, 0.15) is 18.1 Å². The van der Waals surface area contributed by atoms with Gasteiger partial charge >= 0.3 is 0 Å². The molecule has 0 saturated carbocycles. The molecule has 18 heavy (non-hydrogen) atoms. The molecule has 1 N–H and O–H groups in total. The quantitative estimate of drug-likeness (QED) is 0.874. The largest absolute Gasteiger partial charge is 0.310 e. The summed E-state index contributed by atoms with van der Waals surface area (Å²) in [7, 11) is 0. The monoisotopic (exact) mass is 244 g/mol. The van der Waals surface area contributed by atoms with Crippen LogP contribution in [0.3, 0.4) is 0 Å². The van der Waals surface area contributed by atoms with Gasteiger partial charge in [0, 0.05) is 25.0 Å². The maximum Gasteiger partial charge on any atom is 0.123 e. The molecule has 2 nitrogen and oxygen atoms in total. The molecule has 2 rings (SSSR count). The summed E-state index contributed by atoms with van der Waals surface area (Å²) in [5.74, 6) is -0.174. The van der Waals surface area contributed by atoms with Gasteiger partial charge in [-0.3, -0.25) is 4.98 Å². The molecule has 0 aliphatic carbocycles. The van der Waals surface area contributed by atoms with Crippen LogP contribution in [0.25, 0.3) is 0 Å². The predicted molar refractivity (Wildman–Crippen MR) is 70.6 cm³/mol. The smallest absolute Gasteiger partial charge is 0.123 e. The van der Waals surface area contributed by atoms with E-state index in [1.165, 1.54) is 6.07 Å². The fourth-order valence-corrected chi connectivity index (χ4v) is 1.88. The minimum atomic E-state index is -0.174. The maximum absolute atomic E-state index is 13.0. The predicted octanol–water partition coefficient (Wildman–Crippen LogP) is 2.94. The van der Waals surface area contributed by atoms with Crippen LogP contribution >= 0.6 is 0 Å². The SMILES string of the molecule is CC(Cc1cccc(F)c1)NCc1cccnc1. The lowest BCUT2D eigenvalue weighted by Gasteiger charge is -2.13. The van der Waals surface area contributed by atoms with Gasteiger partial charge in [0.1, 0.15) is 5.82 Å². The molecule has 1 atom stereocenters. The summed E-state index contributed by atoms with van der Waals surface area (Å²) < 4.78 is 13.0. The van der Waals surface area contributed by atoms with Crippen LogP contribution in [0.2, 0.25) is 0 Å². The molecule has 0 bridgehead atoms. The Kier molecular flexibility index (Phi) is 4.42. The van der Waals surface area contributed by atoms with Gasteiger partial charge in [-0.2, -0.15) is 0 Å². The second-order valence-electron chi connectivity index (χ2n) is 4.48. The number of nitrogens with zero attached hydrogens (tertiary/aromatic N) is 1. The highest BCUT2D eigenvalue weighted by Gasteiger charge is 2.04. The highest BCUT2D eigenvalue weighted by atomic mass is 19.1. The standard InChI is InChI=1S/C15H17FN2/c1-12(8-13-4-2-6-15(16)9-13)18-11-14-5-3-7-17-10-14/h2-7,9-10,12,18H,8,11H2,1H3. The summed E-state index contributed by atoms with van der Waals surface area (Å²) >= 11 is 0. The lowest BCUT2D eigenvalue weighted by molar-refractivity contribution is 0.542. The first-order valence-corrected chi connectivity index (χ1v) is 6.11. The third-order valence-corrected chi connectivity index (χ3v) is 2.81. The number of halogens is 1. The Hall–Kier alpha value is -1.74. The molecule has 0 aliphatic rings. The fourth-order valence-electron chi connectivity index (χ4n) is 1.88. The van der Waals surface area contributed by atoms with Crippen molar-refractivity contribution in [1.82, 2.24) is 10.3 Å². The first-order chi connectivity index (χ1) is 8.74. The van der Waals surface area contributed by atoms with Crippen molar-refractivity contribution in [2.75, 3.05) is 0 Å². The van der Waals surface area contributed by atoms with E-state index in [-0.39, 0.29) is 5.82 Å². The number of rotatable bonds is 5. The molecule has 3 heteroatoms. The van der Waals surface area contributed by atoms with Gasteiger partial charge in [0.15, 0.2) is 0 Å². The van der Waals surface area contributed by atoms with Crippen LogP contribution in [0.15, 0.2) is 48.8 Å². The van der Waals surface area contributed by atoms with Crippen LogP contribution < -0.4 is 5.32 Å². The lowest BCUT2D eigenvalue weighted by atomic mass is 10.1. The van der Waals surface area contributed by atoms with Crippen LogP contribution in [-0.4, -0.2) is 11.0 Å². The fraction of sp³-hybridized carbons (Fsp3) is 0.267. The third-order valence-electron chi connectivity index (χ3n) is 2.81. The number of pyridine rings is 1. The molecule has 1 unspecified atom stereocenters. The van der Waals surface area contributed by atoms with Crippen molar-refractivity contribution in [1.29, 1.82) is 0 Å². The molecule has 1 heterocycles. The van der Waals surface area contributed by atoms with Gasteiger partial charge in [0.05, 0.1) is 0 Å². The summed E-state index contributed by atoms with van der Waals surface area (Å²) in [5, 5.41) is 3.40. The Bertz CT molecular complexity index is 485. The molecular weight excluding hydrogens is 227 g/mol. The zero-order valence-corrected chi connectivity index (χ0v) is 10.4. The summed E-state index contributed by atoms with van der Waals surface area (Å²) in [5.41, 5.74) is 2.17. The van der Waals surface area contributed by atoms with Crippen LogP contribution in [0.4, 0.5) is 4.39 Å². The Morgan fingerprint density at radius 3 is 2.78 bits per heavy atom. The summed E-state index contributed by atoms with van der Waals surface area (Å²) in [6.07, 6.45) is 4.43. The topological polar surface area (TPSA) is 24.9 Å². The van der Waals surface area contributed by atoms with Gasteiger partial charge < -0.3 is 5.32 Å². The highest BCUT2D eigenvalue weighted by Crippen LogP contribution is 2.07. The van der Waals surface area contributed by atoms with Crippen molar-refractivity contribution in [3.05, 3.63) is 65.7 Å². The van der Waals surface area contributed by atoms with Crippen molar-refractivity contribution in [3.8, 4) is 0 Å². The molecule has 0 aliphatic heterocycles. The summed E-state index contributed by atoms with van der Waals surface area (Å²) in [6.45, 7) is 2.88. The van der Waals surface area contributed by atoms with Crippen molar-refractivity contribution < 1.29 is 4.39 Å². The summed E-state index contributed by atoms with van der Waals surface area (Å²) in [6, 6.07) is 11.0. The molecule has 0 saturated heterocycles. The van der Waals surface area contributed by atoms with Gasteiger partial charge in [-0.1, -0.05) is 18.2 Å². The highest BCUT2D eigenvalue weighted by molar-refractivity contribution is 5.17. The first-order valence-electron chi connectivity index (χ1n) is 6.11. The van der Waals surface area contributed by atoms with Crippen molar-refractivity contribution in [2.45, 2.75) is 25.9 Å². The Labute approximate surface area is 107 Å². The number of hydrogen-bond donors (Lipinski definition) is 1. The van der Waals surface area contributed by atoms with E-state index in [1.807, 2.05) is 24.4 Å². The second kappa shape index (κ2) is 6.26. The Morgan fingerprint density at radius 1 is 1.22 bits per heavy atom. The molecule has 0 fully saturated rings. The van der Waals surface area contributed by atoms with Gasteiger partial charge in [-0.25, -0.2) is 4.39 Å². The molecule has 2 aromatic rings. The zero-order valence-electron chi connectivity index (χ0n) is 10.4. The van der Waals surface area contributed by atoms with Gasteiger partial charge in [-0.05, 0) is 42.7 Å². The van der Waals surface area contributed by atoms with Crippen LogP contribution in [0.5, 0.6) is 0 Å². The number of benzene rings is 1. The molecule has 94 valence electrons. The molecule has 0 amide bonds. The van der Waals surface area contributed by atoms with Crippen LogP contribution in [0, 0.1) is 5.82 Å². The maximum atomic E-state index is 13.0. The van der Waals surface area contributed by atoms with E-state index in [0.29, 0.717) is 6.04 Å². The third kappa shape index (κ3) is 3.93. The van der Waals surface area contributed by atoms with Crippen LogP contribution in [-0.2, 0) is 13.0 Å². The first kappa shape index (κ1) is 12.7. The normalized spacial score (nSPS) is 12.3. The molecule has 1 aromatic heterocycles. The van der Waals surface area contributed by atoms with Gasteiger partial charge in [0.2, 0.25) is 0 Å². The van der Waals surface area contributed by atoms with E-state index in [2.05, 4.69) is 17.2 Å². The van der Waals surface area contributed by atoms with Crippen molar-refractivity contribution in [3.63, 3.8) is 0 Å². The van der Waals surface area contributed by atoms with E-state index in [1.54, 1.807) is 18.3 Å². The minimum absolute atomic E-state index is 0.174.